The summed E-state index contributed by atoms with van der Waals surface area (Å²) in [5.41, 5.74) is 0.903. The summed E-state index contributed by atoms with van der Waals surface area (Å²) >= 11 is 0. The second kappa shape index (κ2) is 14.4. The number of rotatable bonds is 13. The van der Waals surface area contributed by atoms with Crippen molar-refractivity contribution in [3.63, 3.8) is 0 Å². The summed E-state index contributed by atoms with van der Waals surface area (Å²) in [6.45, 7) is 12.8. The van der Waals surface area contributed by atoms with Crippen LogP contribution in [0.2, 0.25) is 0 Å². The third kappa shape index (κ3) is 7.88. The normalized spacial score (nSPS) is 12.9. The number of alkyl halides is 3. The summed E-state index contributed by atoms with van der Waals surface area (Å²) in [5, 5.41) is 8.68. The van der Waals surface area contributed by atoms with E-state index in [1.54, 1.807) is 32.0 Å². The zero-order chi connectivity index (χ0) is 34.6. The van der Waals surface area contributed by atoms with Gasteiger partial charge in [0.15, 0.2) is 29.7 Å². The van der Waals surface area contributed by atoms with E-state index in [1.807, 2.05) is 39.5 Å². The van der Waals surface area contributed by atoms with Crippen molar-refractivity contribution in [2.75, 3.05) is 44.4 Å². The minimum absolute atomic E-state index is 0.0264. The Kier molecular flexibility index (Phi) is 11.3. The summed E-state index contributed by atoms with van der Waals surface area (Å²) in [6, 6.07) is 4.71. The first-order valence-corrected chi connectivity index (χ1v) is 14.8. The molecule has 0 saturated carbocycles. The molecule has 14 heteroatoms. The van der Waals surface area contributed by atoms with Crippen molar-refractivity contribution in [3.8, 4) is 17.2 Å². The number of carbonyl (C=O) groups is 3. The van der Waals surface area contributed by atoms with Crippen LogP contribution >= 0.6 is 0 Å². The maximum atomic E-state index is 15.6. The second-order valence-electron chi connectivity index (χ2n) is 11.4. The van der Waals surface area contributed by atoms with Gasteiger partial charge in [0.2, 0.25) is 0 Å². The number of fused-ring (bicyclic) bond motifs is 1. The first-order chi connectivity index (χ1) is 21.5. The van der Waals surface area contributed by atoms with E-state index in [0.29, 0.717) is 29.9 Å². The lowest BCUT2D eigenvalue weighted by atomic mass is 9.84. The molecule has 1 aliphatic heterocycles. The number of nitrogens with zero attached hydrogens (tertiary/aromatic N) is 2. The number of ketones is 1. The Bertz CT molecular complexity index is 1500. The fourth-order valence-corrected chi connectivity index (χ4v) is 5.03. The van der Waals surface area contributed by atoms with Crippen molar-refractivity contribution in [2.45, 2.75) is 66.6 Å². The molecular formula is C32H39F4N3O7. The van der Waals surface area contributed by atoms with E-state index in [1.165, 1.54) is 4.90 Å². The van der Waals surface area contributed by atoms with Crippen LogP contribution < -0.4 is 19.1 Å². The Morgan fingerprint density at radius 2 is 1.57 bits per heavy atom. The lowest BCUT2D eigenvalue weighted by Crippen LogP contribution is -2.32. The van der Waals surface area contributed by atoms with Gasteiger partial charge >= 0.3 is 18.1 Å². The van der Waals surface area contributed by atoms with Crippen LogP contribution in [0.25, 0.3) is 0 Å². The van der Waals surface area contributed by atoms with Gasteiger partial charge in [-0.05, 0) is 56.9 Å². The van der Waals surface area contributed by atoms with Crippen molar-refractivity contribution >= 4 is 29.2 Å². The van der Waals surface area contributed by atoms with Crippen LogP contribution in [0.3, 0.4) is 0 Å². The molecule has 0 unspecified atom stereocenters. The van der Waals surface area contributed by atoms with Gasteiger partial charge in [0, 0.05) is 30.8 Å². The zero-order valence-electron chi connectivity index (χ0n) is 26.9. The number of nitrogens with one attached hydrogen (secondary N) is 1. The Labute approximate surface area is 265 Å². The number of hydrogen-bond acceptors (Lipinski definition) is 9. The molecule has 0 saturated heterocycles. The van der Waals surface area contributed by atoms with Gasteiger partial charge in [-0.15, -0.1) is 0 Å². The molecule has 0 radical (unpaired) electrons. The highest BCUT2D eigenvalue weighted by Gasteiger charge is 2.42. The molecule has 252 valence electrons. The standard InChI is InChI=1S/C32H39F4N3O7/c1-8-38(9-2)21-13-18(12-20(31(5,6)7)27(21)45-17-24(41)46-30(42)32(34,35)36)22(40)16-39-15-19-14-23(43-10-3)28(44-11-4)26(33)25(19)29(39)37/h12-14,37H,8-11,15-17H2,1-7H3. The molecule has 1 N–H and O–H groups in total. The van der Waals surface area contributed by atoms with E-state index in [9.17, 15) is 27.6 Å². The monoisotopic (exact) mass is 653 g/mol. The molecule has 10 nitrogen and oxygen atoms in total. The van der Waals surface area contributed by atoms with Gasteiger partial charge in [0.05, 0.1) is 31.0 Å². The molecule has 0 atom stereocenters. The van der Waals surface area contributed by atoms with Gasteiger partial charge in [-0.2, -0.15) is 13.2 Å². The summed E-state index contributed by atoms with van der Waals surface area (Å²) in [6.07, 6.45) is -5.35. The number of carbonyl (C=O) groups excluding carboxylic acids is 3. The number of halogens is 4. The molecule has 2 aromatic rings. The van der Waals surface area contributed by atoms with Crippen LogP contribution in [0, 0.1) is 11.2 Å². The molecule has 0 bridgehead atoms. The summed E-state index contributed by atoms with van der Waals surface area (Å²) in [7, 11) is 0. The molecule has 0 amide bonds. The van der Waals surface area contributed by atoms with Crippen LogP contribution in [0.15, 0.2) is 18.2 Å². The van der Waals surface area contributed by atoms with Gasteiger partial charge in [0.25, 0.3) is 0 Å². The molecule has 3 rings (SSSR count). The van der Waals surface area contributed by atoms with E-state index < -0.39 is 41.7 Å². The molecule has 0 aromatic heterocycles. The summed E-state index contributed by atoms with van der Waals surface area (Å²) in [5.74, 6) is -5.25. The number of hydrogen-bond donors (Lipinski definition) is 1. The number of esters is 2. The lowest BCUT2D eigenvalue weighted by Gasteiger charge is -2.30. The van der Waals surface area contributed by atoms with Crippen LogP contribution in [0.5, 0.6) is 17.2 Å². The molecule has 0 spiro atoms. The fraction of sp³-hybridized carbons (Fsp3) is 0.500. The van der Waals surface area contributed by atoms with Crippen molar-refractivity contribution in [3.05, 3.63) is 46.3 Å². The van der Waals surface area contributed by atoms with Crippen LogP contribution in [-0.2, 0) is 26.3 Å². The highest BCUT2D eigenvalue weighted by molar-refractivity contribution is 6.06. The largest absolute Gasteiger partial charge is 0.491 e. The van der Waals surface area contributed by atoms with Gasteiger partial charge in [-0.3, -0.25) is 10.2 Å². The predicted molar refractivity (Wildman–Crippen MR) is 162 cm³/mol. The number of amidine groups is 1. The Morgan fingerprint density at radius 1 is 0.935 bits per heavy atom. The highest BCUT2D eigenvalue weighted by Crippen LogP contribution is 2.42. The van der Waals surface area contributed by atoms with E-state index >= 15 is 4.39 Å². The Hall–Kier alpha value is -4.36. The number of ether oxygens (including phenoxy) is 4. The SMILES string of the molecule is CCOc1cc2c(c(F)c1OCC)C(=N)N(CC(=O)c1cc(N(CC)CC)c(OCC(=O)OC(=O)C(F)(F)F)c(C(C)(C)C)c1)C2. The molecular weight excluding hydrogens is 614 g/mol. The molecule has 46 heavy (non-hydrogen) atoms. The topological polar surface area (TPSA) is 118 Å². The van der Waals surface area contributed by atoms with E-state index in [0.717, 1.165) is 0 Å². The van der Waals surface area contributed by atoms with E-state index in [4.69, 9.17) is 19.6 Å². The third-order valence-electron chi connectivity index (χ3n) is 7.18. The molecule has 0 aliphatic carbocycles. The fourth-order valence-electron chi connectivity index (χ4n) is 5.03. The first-order valence-electron chi connectivity index (χ1n) is 14.8. The lowest BCUT2D eigenvalue weighted by molar-refractivity contribution is -0.202. The quantitative estimate of drug-likeness (QED) is 0.124. The van der Waals surface area contributed by atoms with E-state index in [2.05, 4.69) is 4.74 Å². The molecule has 1 heterocycles. The van der Waals surface area contributed by atoms with Crippen molar-refractivity contribution < 1.29 is 50.9 Å². The van der Waals surface area contributed by atoms with Crippen molar-refractivity contribution in [1.82, 2.24) is 4.90 Å². The van der Waals surface area contributed by atoms with Crippen LogP contribution in [0.1, 0.15) is 75.5 Å². The van der Waals surface area contributed by atoms with Gasteiger partial charge < -0.3 is 28.7 Å². The summed E-state index contributed by atoms with van der Waals surface area (Å²) < 4.78 is 73.9. The van der Waals surface area contributed by atoms with E-state index in [-0.39, 0.29) is 60.5 Å². The first kappa shape index (κ1) is 36.1. The van der Waals surface area contributed by atoms with Crippen LogP contribution in [0.4, 0.5) is 23.2 Å². The van der Waals surface area contributed by atoms with Crippen molar-refractivity contribution in [1.29, 1.82) is 5.41 Å². The predicted octanol–water partition coefficient (Wildman–Crippen LogP) is 5.80. The molecule has 0 fully saturated rings. The smallest absolute Gasteiger partial charge is 0.490 e. The van der Waals surface area contributed by atoms with Gasteiger partial charge in [-0.25, -0.2) is 14.0 Å². The van der Waals surface area contributed by atoms with Crippen LogP contribution in [-0.4, -0.2) is 74.1 Å². The maximum Gasteiger partial charge on any atom is 0.491 e. The average molecular weight is 654 g/mol. The minimum Gasteiger partial charge on any atom is -0.490 e. The van der Waals surface area contributed by atoms with Crippen molar-refractivity contribution in [2.24, 2.45) is 0 Å². The number of Topliss-reactive ketones (excluding diaryl/α,β-unsaturated/α-hetero) is 1. The maximum absolute atomic E-state index is 15.6. The number of anilines is 1. The number of benzene rings is 2. The van der Waals surface area contributed by atoms with Gasteiger partial charge in [0.1, 0.15) is 11.6 Å². The highest BCUT2D eigenvalue weighted by atomic mass is 19.4. The third-order valence-corrected chi connectivity index (χ3v) is 7.18. The Morgan fingerprint density at radius 3 is 2.11 bits per heavy atom. The average Bonchev–Trinajstić information content (AvgIpc) is 3.28. The van der Waals surface area contributed by atoms with Gasteiger partial charge in [-0.1, -0.05) is 20.8 Å². The second-order valence-corrected chi connectivity index (χ2v) is 11.4. The Balaban J connectivity index is 1.98. The molecule has 1 aliphatic rings. The molecule has 2 aromatic carbocycles. The summed E-state index contributed by atoms with van der Waals surface area (Å²) in [4.78, 5) is 40.3. The minimum atomic E-state index is -5.35. The zero-order valence-corrected chi connectivity index (χ0v) is 26.9.